The second kappa shape index (κ2) is 8.80. The summed E-state index contributed by atoms with van der Waals surface area (Å²) in [5.41, 5.74) is 3.84. The van der Waals surface area contributed by atoms with Gasteiger partial charge in [-0.3, -0.25) is 4.79 Å². The first-order valence-electron chi connectivity index (χ1n) is 10.9. The van der Waals surface area contributed by atoms with E-state index in [2.05, 4.69) is 49.8 Å². The van der Waals surface area contributed by atoms with Crippen LogP contribution in [0.25, 0.3) is 11.0 Å². The van der Waals surface area contributed by atoms with Gasteiger partial charge in [0.2, 0.25) is 0 Å². The van der Waals surface area contributed by atoms with Gasteiger partial charge in [-0.15, -0.1) is 0 Å². The molecule has 162 valence electrons. The summed E-state index contributed by atoms with van der Waals surface area (Å²) in [6, 6.07) is 22.3. The standard InChI is InChI=1S/C25H26N6O/c1-30-22-10-6-5-9-20(22)29-24(30)16-28-25(32)19-11-12-27-23(15-19)31-14-13-26-21(17-31)18-7-3-2-4-8-18/h2-12,15,21,26H,13-14,16-17H2,1H3,(H,28,32)/t21-/m0/s1. The molecular weight excluding hydrogens is 400 g/mol. The number of imidazole rings is 1. The maximum absolute atomic E-state index is 12.9. The van der Waals surface area contributed by atoms with Gasteiger partial charge in [0.1, 0.15) is 11.6 Å². The van der Waals surface area contributed by atoms with Crippen LogP contribution in [0.3, 0.4) is 0 Å². The Morgan fingerprint density at radius 3 is 2.78 bits per heavy atom. The number of carbonyl (C=O) groups is 1. The van der Waals surface area contributed by atoms with Crippen molar-refractivity contribution < 1.29 is 4.79 Å². The largest absolute Gasteiger partial charge is 0.353 e. The van der Waals surface area contributed by atoms with Crippen LogP contribution in [0.4, 0.5) is 5.82 Å². The lowest BCUT2D eigenvalue weighted by atomic mass is 10.0. The van der Waals surface area contributed by atoms with Gasteiger partial charge in [0.15, 0.2) is 0 Å². The van der Waals surface area contributed by atoms with Crippen LogP contribution in [0.15, 0.2) is 72.9 Å². The number of nitrogens with zero attached hydrogens (tertiary/aromatic N) is 4. The number of aryl methyl sites for hydroxylation is 1. The zero-order valence-corrected chi connectivity index (χ0v) is 18.0. The first-order valence-corrected chi connectivity index (χ1v) is 10.9. The van der Waals surface area contributed by atoms with Crippen molar-refractivity contribution in [3.8, 4) is 0 Å². The second-order valence-electron chi connectivity index (χ2n) is 8.02. The lowest BCUT2D eigenvalue weighted by Crippen LogP contribution is -2.46. The van der Waals surface area contributed by atoms with E-state index in [1.54, 1.807) is 12.3 Å². The monoisotopic (exact) mass is 426 g/mol. The topological polar surface area (TPSA) is 75.1 Å². The maximum atomic E-state index is 12.9. The van der Waals surface area contributed by atoms with E-state index in [1.165, 1.54) is 5.56 Å². The molecule has 2 aromatic carbocycles. The number of anilines is 1. The molecule has 1 atom stereocenters. The van der Waals surface area contributed by atoms with E-state index in [0.29, 0.717) is 12.1 Å². The molecule has 0 aliphatic carbocycles. The summed E-state index contributed by atoms with van der Waals surface area (Å²) in [6.45, 7) is 2.89. The summed E-state index contributed by atoms with van der Waals surface area (Å²) in [7, 11) is 1.97. The molecule has 0 spiro atoms. The normalized spacial score (nSPS) is 16.3. The van der Waals surface area contributed by atoms with Crippen LogP contribution in [-0.2, 0) is 13.6 Å². The summed E-state index contributed by atoms with van der Waals surface area (Å²) in [5.74, 6) is 1.51. The molecule has 32 heavy (non-hydrogen) atoms. The minimum absolute atomic E-state index is 0.129. The van der Waals surface area contributed by atoms with Crippen molar-refractivity contribution in [3.05, 3.63) is 89.9 Å². The van der Waals surface area contributed by atoms with Crippen LogP contribution in [0.2, 0.25) is 0 Å². The molecule has 1 aliphatic rings. The minimum Gasteiger partial charge on any atom is -0.353 e. The molecule has 0 bridgehead atoms. The predicted octanol–water partition coefficient (Wildman–Crippen LogP) is 3.05. The third kappa shape index (κ3) is 4.07. The Hall–Kier alpha value is -3.71. The van der Waals surface area contributed by atoms with Crippen molar-refractivity contribution in [2.75, 3.05) is 24.5 Å². The van der Waals surface area contributed by atoms with Gasteiger partial charge < -0.3 is 20.1 Å². The van der Waals surface area contributed by atoms with Crippen molar-refractivity contribution in [3.63, 3.8) is 0 Å². The van der Waals surface area contributed by atoms with Crippen LogP contribution in [0, 0.1) is 0 Å². The minimum atomic E-state index is -0.129. The fraction of sp³-hybridized carbons (Fsp3) is 0.240. The van der Waals surface area contributed by atoms with Crippen LogP contribution in [-0.4, -0.2) is 40.1 Å². The lowest BCUT2D eigenvalue weighted by Gasteiger charge is -2.34. The van der Waals surface area contributed by atoms with E-state index >= 15 is 0 Å². The van der Waals surface area contributed by atoms with Crippen LogP contribution in [0.1, 0.15) is 27.8 Å². The van der Waals surface area contributed by atoms with E-state index in [0.717, 1.165) is 42.3 Å². The number of para-hydroxylation sites is 2. The highest BCUT2D eigenvalue weighted by molar-refractivity contribution is 5.94. The zero-order chi connectivity index (χ0) is 21.9. The van der Waals surface area contributed by atoms with Gasteiger partial charge in [0.25, 0.3) is 5.91 Å². The van der Waals surface area contributed by atoms with Crippen molar-refractivity contribution in [2.45, 2.75) is 12.6 Å². The predicted molar refractivity (Wildman–Crippen MR) is 126 cm³/mol. The van der Waals surface area contributed by atoms with Crippen molar-refractivity contribution >= 4 is 22.8 Å². The first kappa shape index (κ1) is 20.2. The van der Waals surface area contributed by atoms with Gasteiger partial charge in [-0.05, 0) is 29.8 Å². The highest BCUT2D eigenvalue weighted by Crippen LogP contribution is 2.22. The van der Waals surface area contributed by atoms with Crippen molar-refractivity contribution in [2.24, 2.45) is 7.05 Å². The highest BCUT2D eigenvalue weighted by Gasteiger charge is 2.22. The third-order valence-corrected chi connectivity index (χ3v) is 6.00. The molecule has 7 heteroatoms. The van der Waals surface area contributed by atoms with E-state index < -0.39 is 0 Å². The number of carbonyl (C=O) groups excluding carboxylic acids is 1. The summed E-state index contributed by atoms with van der Waals surface area (Å²) in [5, 5.41) is 6.57. The van der Waals surface area contributed by atoms with E-state index in [1.807, 2.05) is 48.0 Å². The molecule has 4 aromatic rings. The Kier molecular flexibility index (Phi) is 5.56. The second-order valence-corrected chi connectivity index (χ2v) is 8.02. The number of hydrogen-bond acceptors (Lipinski definition) is 5. The molecule has 0 radical (unpaired) electrons. The summed E-state index contributed by atoms with van der Waals surface area (Å²) in [4.78, 5) is 24.3. The zero-order valence-electron chi connectivity index (χ0n) is 18.0. The van der Waals surface area contributed by atoms with E-state index in [9.17, 15) is 4.79 Å². The van der Waals surface area contributed by atoms with Gasteiger partial charge in [0, 0.05) is 44.5 Å². The summed E-state index contributed by atoms with van der Waals surface area (Å²) >= 11 is 0. The third-order valence-electron chi connectivity index (χ3n) is 6.00. The summed E-state index contributed by atoms with van der Waals surface area (Å²) in [6.07, 6.45) is 1.71. The number of rotatable bonds is 5. The SMILES string of the molecule is Cn1c(CNC(=O)c2ccnc(N3CCN[C@H](c4ccccc4)C3)c2)nc2ccccc21. The molecule has 1 saturated heterocycles. The fourth-order valence-electron chi connectivity index (χ4n) is 4.21. The van der Waals surface area contributed by atoms with Gasteiger partial charge in [0.05, 0.1) is 17.6 Å². The number of amides is 1. The Bertz CT molecular complexity index is 1240. The lowest BCUT2D eigenvalue weighted by molar-refractivity contribution is 0.0949. The number of fused-ring (bicyclic) bond motifs is 1. The molecule has 0 unspecified atom stereocenters. The maximum Gasteiger partial charge on any atom is 0.251 e. The molecular formula is C25H26N6O. The van der Waals surface area contributed by atoms with Gasteiger partial charge in [-0.25, -0.2) is 9.97 Å². The Morgan fingerprint density at radius 2 is 1.94 bits per heavy atom. The first-order chi connectivity index (χ1) is 15.7. The van der Waals surface area contributed by atoms with Crippen LogP contribution >= 0.6 is 0 Å². The number of nitrogens with one attached hydrogen (secondary N) is 2. The van der Waals surface area contributed by atoms with Crippen LogP contribution < -0.4 is 15.5 Å². The van der Waals surface area contributed by atoms with Crippen molar-refractivity contribution in [1.82, 2.24) is 25.2 Å². The van der Waals surface area contributed by atoms with Crippen LogP contribution in [0.5, 0.6) is 0 Å². The smallest absolute Gasteiger partial charge is 0.251 e. The Labute approximate surface area is 187 Å². The number of pyridine rings is 1. The molecule has 2 aromatic heterocycles. The molecule has 1 aliphatic heterocycles. The molecule has 1 amide bonds. The van der Waals surface area contributed by atoms with E-state index in [-0.39, 0.29) is 11.9 Å². The van der Waals surface area contributed by atoms with Gasteiger partial charge in [-0.1, -0.05) is 42.5 Å². The van der Waals surface area contributed by atoms with Crippen molar-refractivity contribution in [1.29, 1.82) is 0 Å². The summed E-state index contributed by atoms with van der Waals surface area (Å²) < 4.78 is 2.01. The van der Waals surface area contributed by atoms with Gasteiger partial charge in [-0.2, -0.15) is 0 Å². The molecule has 3 heterocycles. The van der Waals surface area contributed by atoms with Gasteiger partial charge >= 0.3 is 0 Å². The Morgan fingerprint density at radius 1 is 1.12 bits per heavy atom. The highest BCUT2D eigenvalue weighted by atomic mass is 16.1. The number of hydrogen-bond donors (Lipinski definition) is 2. The number of piperazine rings is 1. The average Bonchev–Trinajstić information content (AvgIpc) is 3.19. The quantitative estimate of drug-likeness (QED) is 0.513. The molecule has 5 rings (SSSR count). The molecule has 0 saturated carbocycles. The number of benzene rings is 2. The Balaban J connectivity index is 1.28. The molecule has 2 N–H and O–H groups in total. The van der Waals surface area contributed by atoms with E-state index in [4.69, 9.17) is 0 Å². The number of aromatic nitrogens is 3. The average molecular weight is 427 g/mol. The molecule has 1 fully saturated rings. The fourth-order valence-corrected chi connectivity index (χ4v) is 4.21. The molecule has 7 nitrogen and oxygen atoms in total.